The van der Waals surface area contributed by atoms with Crippen molar-refractivity contribution in [2.24, 2.45) is 0 Å². The van der Waals surface area contributed by atoms with E-state index < -0.39 is 5.60 Å². The Balaban J connectivity index is 1.88. The molecule has 0 bridgehead atoms. The summed E-state index contributed by atoms with van der Waals surface area (Å²) in [6.45, 7) is 8.38. The average Bonchev–Trinajstić information content (AvgIpc) is 2.84. The molecule has 1 aromatic rings. The Morgan fingerprint density at radius 1 is 1.35 bits per heavy atom. The molecule has 0 radical (unpaired) electrons. The molecule has 1 N–H and O–H groups in total. The number of nitrogens with one attached hydrogen (secondary N) is 1. The maximum Gasteiger partial charge on any atom is 0.410 e. The van der Waals surface area contributed by atoms with Crippen LogP contribution in [0.1, 0.15) is 48.2 Å². The molecule has 0 aliphatic carbocycles. The molecule has 2 unspecified atom stereocenters. The number of fused-ring (bicyclic) bond motifs is 3. The molecule has 23 heavy (non-hydrogen) atoms. The Morgan fingerprint density at radius 2 is 2.04 bits per heavy atom. The topological polar surface area (TPSA) is 58.6 Å². The Morgan fingerprint density at radius 3 is 2.70 bits per heavy atom. The number of benzene rings is 1. The van der Waals surface area contributed by atoms with Crippen LogP contribution < -0.4 is 5.32 Å². The van der Waals surface area contributed by atoms with Gasteiger partial charge < -0.3 is 15.0 Å². The summed E-state index contributed by atoms with van der Waals surface area (Å²) in [6.07, 6.45) is -0.346. The standard InChI is InChI=1S/C17H21ClN2O3/c1-9-5-6-10-11-7-20(16(22)23-17(2,3)4)8-12(11)19-15(21)13(10)14(9)18/h5-6,11-12H,7-8H2,1-4H3,(H,19,21). The minimum absolute atomic E-state index is 0.0494. The lowest BCUT2D eigenvalue weighted by molar-refractivity contribution is 0.0288. The first-order chi connectivity index (χ1) is 10.7. The molecule has 6 heteroatoms. The van der Waals surface area contributed by atoms with E-state index in [-0.39, 0.29) is 24.0 Å². The quantitative estimate of drug-likeness (QED) is 0.792. The number of nitrogens with zero attached hydrogens (tertiary/aromatic N) is 1. The highest BCUT2D eigenvalue weighted by atomic mass is 35.5. The third-order valence-corrected chi connectivity index (χ3v) is 4.77. The Kier molecular flexibility index (Phi) is 3.79. The van der Waals surface area contributed by atoms with Gasteiger partial charge in [-0.2, -0.15) is 0 Å². The first kappa shape index (κ1) is 16.1. The second kappa shape index (κ2) is 5.41. The van der Waals surface area contributed by atoms with Crippen molar-refractivity contribution in [3.8, 4) is 0 Å². The largest absolute Gasteiger partial charge is 0.444 e. The van der Waals surface area contributed by atoms with Gasteiger partial charge in [0.15, 0.2) is 0 Å². The maximum absolute atomic E-state index is 12.4. The lowest BCUT2D eigenvalue weighted by atomic mass is 9.85. The van der Waals surface area contributed by atoms with E-state index in [4.69, 9.17) is 16.3 Å². The second-order valence-electron chi connectivity index (χ2n) is 7.23. The lowest BCUT2D eigenvalue weighted by Crippen LogP contribution is -2.45. The van der Waals surface area contributed by atoms with Crippen molar-refractivity contribution < 1.29 is 14.3 Å². The van der Waals surface area contributed by atoms with Crippen molar-refractivity contribution in [1.29, 1.82) is 0 Å². The van der Waals surface area contributed by atoms with Crippen molar-refractivity contribution in [2.75, 3.05) is 13.1 Å². The van der Waals surface area contributed by atoms with E-state index in [2.05, 4.69) is 5.32 Å². The van der Waals surface area contributed by atoms with E-state index in [0.717, 1.165) is 11.1 Å². The molecule has 2 aliphatic rings. The third-order valence-electron chi connectivity index (χ3n) is 4.28. The number of amides is 2. The number of ether oxygens (including phenoxy) is 1. The number of halogens is 1. The first-order valence-electron chi connectivity index (χ1n) is 7.75. The van der Waals surface area contributed by atoms with Gasteiger partial charge >= 0.3 is 6.09 Å². The molecule has 2 aliphatic heterocycles. The van der Waals surface area contributed by atoms with E-state index in [1.165, 1.54) is 0 Å². The molecule has 3 rings (SSSR count). The van der Waals surface area contributed by atoms with Gasteiger partial charge in [-0.05, 0) is 38.8 Å². The van der Waals surface area contributed by atoms with Crippen LogP contribution in [0, 0.1) is 6.92 Å². The smallest absolute Gasteiger partial charge is 0.410 e. The predicted molar refractivity (Wildman–Crippen MR) is 88.0 cm³/mol. The van der Waals surface area contributed by atoms with Crippen LogP contribution in [0.4, 0.5) is 4.79 Å². The number of aryl methyl sites for hydroxylation is 1. The van der Waals surface area contributed by atoms with Gasteiger partial charge in [-0.1, -0.05) is 23.7 Å². The predicted octanol–water partition coefficient (Wildman–Crippen LogP) is 3.09. The summed E-state index contributed by atoms with van der Waals surface area (Å²) in [5, 5.41) is 3.47. The molecule has 2 heterocycles. The molecule has 5 nitrogen and oxygen atoms in total. The molecular formula is C17H21ClN2O3. The van der Waals surface area contributed by atoms with Crippen LogP contribution >= 0.6 is 11.6 Å². The number of likely N-dealkylation sites (tertiary alicyclic amines) is 1. The van der Waals surface area contributed by atoms with Crippen LogP contribution in [-0.2, 0) is 4.74 Å². The van der Waals surface area contributed by atoms with Crippen LogP contribution in [0.3, 0.4) is 0 Å². The fourth-order valence-corrected chi connectivity index (χ4v) is 3.47. The molecule has 1 saturated heterocycles. The molecule has 0 saturated carbocycles. The van der Waals surface area contributed by atoms with Gasteiger partial charge in [0.2, 0.25) is 0 Å². The molecular weight excluding hydrogens is 316 g/mol. The van der Waals surface area contributed by atoms with Crippen LogP contribution in [0.5, 0.6) is 0 Å². The van der Waals surface area contributed by atoms with Crippen molar-refractivity contribution in [3.63, 3.8) is 0 Å². The van der Waals surface area contributed by atoms with Crippen LogP contribution in [-0.4, -0.2) is 41.6 Å². The molecule has 2 amide bonds. The summed E-state index contributed by atoms with van der Waals surface area (Å²) in [7, 11) is 0. The normalized spacial score (nSPS) is 23.2. The average molecular weight is 337 g/mol. The highest BCUT2D eigenvalue weighted by Crippen LogP contribution is 2.38. The van der Waals surface area contributed by atoms with E-state index in [0.29, 0.717) is 23.7 Å². The number of carbonyl (C=O) groups excluding carboxylic acids is 2. The van der Waals surface area contributed by atoms with Gasteiger partial charge in [-0.3, -0.25) is 4.79 Å². The summed E-state index contributed by atoms with van der Waals surface area (Å²) in [5.74, 6) is -0.116. The molecule has 124 valence electrons. The Labute approximate surface area is 140 Å². The summed E-state index contributed by atoms with van der Waals surface area (Å²) < 4.78 is 5.43. The molecule has 0 spiro atoms. The zero-order chi connectivity index (χ0) is 16.9. The second-order valence-corrected chi connectivity index (χ2v) is 7.61. The SMILES string of the molecule is Cc1ccc2c(c1Cl)C(=O)NC1CN(C(=O)OC(C)(C)C)CC21. The fraction of sp³-hybridized carbons (Fsp3) is 0.529. The number of carbonyl (C=O) groups is 2. The van der Waals surface area contributed by atoms with Crippen LogP contribution in [0.25, 0.3) is 0 Å². The van der Waals surface area contributed by atoms with Gasteiger partial charge in [-0.25, -0.2) is 4.79 Å². The zero-order valence-corrected chi connectivity index (χ0v) is 14.5. The van der Waals surface area contributed by atoms with Crippen LogP contribution in [0.15, 0.2) is 12.1 Å². The van der Waals surface area contributed by atoms with Crippen LogP contribution in [0.2, 0.25) is 5.02 Å². The van der Waals surface area contributed by atoms with Crippen molar-refractivity contribution >= 4 is 23.6 Å². The van der Waals surface area contributed by atoms with Gasteiger partial charge in [0.25, 0.3) is 5.91 Å². The van der Waals surface area contributed by atoms with Gasteiger partial charge in [-0.15, -0.1) is 0 Å². The summed E-state index contributed by atoms with van der Waals surface area (Å²) in [6, 6.07) is 3.78. The monoisotopic (exact) mass is 336 g/mol. The Bertz CT molecular complexity index is 681. The van der Waals surface area contributed by atoms with Crippen molar-refractivity contribution in [1.82, 2.24) is 10.2 Å². The van der Waals surface area contributed by atoms with Gasteiger partial charge in [0.05, 0.1) is 16.6 Å². The number of hydrogen-bond acceptors (Lipinski definition) is 3. The van der Waals surface area contributed by atoms with E-state index in [9.17, 15) is 9.59 Å². The Hall–Kier alpha value is -1.75. The zero-order valence-electron chi connectivity index (χ0n) is 13.8. The first-order valence-corrected chi connectivity index (χ1v) is 8.13. The highest BCUT2D eigenvalue weighted by Gasteiger charge is 2.43. The maximum atomic E-state index is 12.4. The summed E-state index contributed by atoms with van der Waals surface area (Å²) in [5.41, 5.74) is 1.80. The van der Waals surface area contributed by atoms with E-state index in [1.807, 2.05) is 39.8 Å². The third kappa shape index (κ3) is 2.90. The fourth-order valence-electron chi connectivity index (χ4n) is 3.22. The van der Waals surface area contributed by atoms with Gasteiger partial charge in [0.1, 0.15) is 5.60 Å². The molecule has 1 aromatic carbocycles. The molecule has 0 aromatic heterocycles. The van der Waals surface area contributed by atoms with E-state index in [1.54, 1.807) is 4.90 Å². The minimum Gasteiger partial charge on any atom is -0.444 e. The van der Waals surface area contributed by atoms with Gasteiger partial charge in [0, 0.05) is 19.0 Å². The number of hydrogen-bond donors (Lipinski definition) is 1. The van der Waals surface area contributed by atoms with Crippen molar-refractivity contribution in [3.05, 3.63) is 33.8 Å². The molecule has 2 atom stereocenters. The summed E-state index contributed by atoms with van der Waals surface area (Å²) >= 11 is 6.32. The number of rotatable bonds is 0. The summed E-state index contributed by atoms with van der Waals surface area (Å²) in [4.78, 5) is 26.3. The minimum atomic E-state index is -0.535. The lowest BCUT2D eigenvalue weighted by Gasteiger charge is -2.28. The molecule has 1 fully saturated rings. The highest BCUT2D eigenvalue weighted by molar-refractivity contribution is 6.35. The van der Waals surface area contributed by atoms with E-state index >= 15 is 0 Å². The van der Waals surface area contributed by atoms with Crippen molar-refractivity contribution in [2.45, 2.75) is 45.3 Å².